The highest BCUT2D eigenvalue weighted by Crippen LogP contribution is 2.28. The van der Waals surface area contributed by atoms with Gasteiger partial charge in [0, 0.05) is 46.2 Å². The van der Waals surface area contributed by atoms with Crippen LogP contribution in [0.25, 0.3) is 0 Å². The van der Waals surface area contributed by atoms with E-state index in [0.29, 0.717) is 23.0 Å². The summed E-state index contributed by atoms with van der Waals surface area (Å²) in [5.41, 5.74) is 5.04. The molecule has 0 aliphatic carbocycles. The summed E-state index contributed by atoms with van der Waals surface area (Å²) in [6.45, 7) is 6.34. The van der Waals surface area contributed by atoms with E-state index in [9.17, 15) is 9.59 Å². The van der Waals surface area contributed by atoms with E-state index >= 15 is 0 Å². The van der Waals surface area contributed by atoms with Crippen molar-refractivity contribution in [1.82, 2.24) is 15.2 Å². The summed E-state index contributed by atoms with van der Waals surface area (Å²) < 4.78 is 0. The molecular weight excluding hydrogens is 426 g/mol. The largest absolute Gasteiger partial charge is 0.366 e. The molecule has 1 aromatic heterocycles. The molecule has 0 spiro atoms. The minimum atomic E-state index is -0.248. The first-order valence-electron chi connectivity index (χ1n) is 11.1. The second kappa shape index (κ2) is 9.79. The van der Waals surface area contributed by atoms with Crippen molar-refractivity contribution in [1.29, 1.82) is 0 Å². The fourth-order valence-corrected chi connectivity index (χ4v) is 4.50. The third-order valence-electron chi connectivity index (χ3n) is 5.97. The number of hydrogen-bond acceptors (Lipinski definition) is 6. The van der Waals surface area contributed by atoms with Crippen LogP contribution in [0.5, 0.6) is 0 Å². The predicted octanol–water partition coefficient (Wildman–Crippen LogP) is 3.41. The third kappa shape index (κ3) is 4.84. The fraction of sp³-hybridized carbons (Fsp3) is 0.417. The first-order valence-corrected chi connectivity index (χ1v) is 11.4. The highest BCUT2D eigenvalue weighted by Gasteiger charge is 2.22. The SMILES string of the molecule is CCCC1=Nc2ccc(CN3CCN(c4ccc(C(=O)NC)nc4Cl)CC3)cc2CC1=O. The Labute approximate surface area is 193 Å². The molecular formula is C24H28ClN5O2. The Kier molecular flexibility index (Phi) is 6.86. The van der Waals surface area contributed by atoms with E-state index in [1.807, 2.05) is 12.1 Å². The molecule has 0 radical (unpaired) electrons. The van der Waals surface area contributed by atoms with Crippen LogP contribution in [0.4, 0.5) is 11.4 Å². The molecule has 1 aromatic carbocycles. The number of carbonyl (C=O) groups is 2. The topological polar surface area (TPSA) is 77.9 Å². The molecule has 0 saturated carbocycles. The maximum atomic E-state index is 12.3. The zero-order valence-electron chi connectivity index (χ0n) is 18.5. The zero-order chi connectivity index (χ0) is 22.7. The second-order valence-corrected chi connectivity index (χ2v) is 8.58. The maximum Gasteiger partial charge on any atom is 0.269 e. The van der Waals surface area contributed by atoms with Crippen LogP contribution >= 0.6 is 11.6 Å². The molecule has 8 heteroatoms. The Morgan fingerprint density at radius 1 is 1.16 bits per heavy atom. The minimum absolute atomic E-state index is 0.151. The molecule has 1 saturated heterocycles. The van der Waals surface area contributed by atoms with E-state index in [0.717, 1.165) is 62.5 Å². The Balaban J connectivity index is 1.37. The highest BCUT2D eigenvalue weighted by molar-refractivity contribution is 6.41. The lowest BCUT2D eigenvalue weighted by Gasteiger charge is -2.36. The highest BCUT2D eigenvalue weighted by atomic mass is 35.5. The molecule has 0 atom stereocenters. The molecule has 168 valence electrons. The van der Waals surface area contributed by atoms with Gasteiger partial charge >= 0.3 is 0 Å². The fourth-order valence-electron chi connectivity index (χ4n) is 4.23. The zero-order valence-corrected chi connectivity index (χ0v) is 19.3. The summed E-state index contributed by atoms with van der Waals surface area (Å²) >= 11 is 6.35. The Morgan fingerprint density at radius 2 is 1.94 bits per heavy atom. The van der Waals surface area contributed by atoms with Crippen LogP contribution in [0.1, 0.15) is 41.4 Å². The van der Waals surface area contributed by atoms with Crippen molar-refractivity contribution in [2.45, 2.75) is 32.7 Å². The van der Waals surface area contributed by atoms with Gasteiger partial charge in [-0.15, -0.1) is 0 Å². The van der Waals surface area contributed by atoms with Crippen molar-refractivity contribution in [2.75, 3.05) is 38.1 Å². The minimum Gasteiger partial charge on any atom is -0.366 e. The van der Waals surface area contributed by atoms with Crippen molar-refractivity contribution in [3.63, 3.8) is 0 Å². The van der Waals surface area contributed by atoms with Gasteiger partial charge in [0.05, 0.1) is 17.1 Å². The van der Waals surface area contributed by atoms with Crippen LogP contribution in [0.2, 0.25) is 5.15 Å². The molecule has 4 rings (SSSR count). The third-order valence-corrected chi connectivity index (χ3v) is 6.25. The van der Waals surface area contributed by atoms with Gasteiger partial charge in [-0.1, -0.05) is 37.1 Å². The van der Waals surface area contributed by atoms with Crippen LogP contribution in [0.15, 0.2) is 35.3 Å². The van der Waals surface area contributed by atoms with E-state index in [2.05, 4.69) is 44.1 Å². The summed E-state index contributed by atoms with van der Waals surface area (Å²) in [5, 5.41) is 2.91. The number of benzene rings is 1. The van der Waals surface area contributed by atoms with Gasteiger partial charge < -0.3 is 10.2 Å². The molecule has 1 N–H and O–H groups in total. The number of aliphatic imine (C=N–C) groups is 1. The summed E-state index contributed by atoms with van der Waals surface area (Å²) in [5.74, 6) is -0.0969. The number of pyridine rings is 1. The Morgan fingerprint density at radius 3 is 2.62 bits per heavy atom. The monoisotopic (exact) mass is 453 g/mol. The summed E-state index contributed by atoms with van der Waals surface area (Å²) in [6.07, 6.45) is 2.13. The number of ketones is 1. The number of rotatable bonds is 6. The number of carbonyl (C=O) groups excluding carboxylic acids is 2. The van der Waals surface area contributed by atoms with Crippen LogP contribution < -0.4 is 10.2 Å². The number of fused-ring (bicyclic) bond motifs is 1. The van der Waals surface area contributed by atoms with E-state index < -0.39 is 0 Å². The van der Waals surface area contributed by atoms with E-state index in [-0.39, 0.29) is 11.7 Å². The molecule has 1 fully saturated rings. The van der Waals surface area contributed by atoms with Gasteiger partial charge in [0.15, 0.2) is 10.9 Å². The number of aromatic nitrogens is 1. The standard InChI is InChI=1S/C24H28ClN5O2/c1-3-4-19-22(31)14-17-13-16(5-6-18(17)27-19)15-29-9-11-30(12-10-29)21-8-7-20(24(32)26-2)28-23(21)25/h5-8,13H,3-4,9-12,14-15H2,1-2H3,(H,26,32). The molecule has 7 nitrogen and oxygen atoms in total. The second-order valence-electron chi connectivity index (χ2n) is 8.22. The number of nitrogens with zero attached hydrogens (tertiary/aromatic N) is 4. The first kappa shape index (κ1) is 22.4. The van der Waals surface area contributed by atoms with Crippen LogP contribution in [0, 0.1) is 0 Å². The smallest absolute Gasteiger partial charge is 0.269 e. The quantitative estimate of drug-likeness (QED) is 0.678. The number of amides is 1. The predicted molar refractivity (Wildman–Crippen MR) is 127 cm³/mol. The van der Waals surface area contributed by atoms with Crippen LogP contribution in [0.3, 0.4) is 0 Å². The molecule has 0 bridgehead atoms. The Bertz CT molecular complexity index is 1060. The van der Waals surface area contributed by atoms with Crippen molar-refractivity contribution in [2.24, 2.45) is 4.99 Å². The molecule has 32 heavy (non-hydrogen) atoms. The van der Waals surface area contributed by atoms with Crippen molar-refractivity contribution >= 4 is 40.4 Å². The average molecular weight is 454 g/mol. The van der Waals surface area contributed by atoms with Gasteiger partial charge in [-0.25, -0.2) is 9.98 Å². The number of piperazine rings is 1. The van der Waals surface area contributed by atoms with Gasteiger partial charge in [0.1, 0.15) is 5.69 Å². The van der Waals surface area contributed by atoms with Gasteiger partial charge in [-0.3, -0.25) is 14.5 Å². The average Bonchev–Trinajstić information content (AvgIpc) is 2.80. The van der Waals surface area contributed by atoms with Crippen molar-refractivity contribution < 1.29 is 9.59 Å². The number of hydrogen-bond donors (Lipinski definition) is 1. The van der Waals surface area contributed by atoms with Crippen molar-refractivity contribution in [3.05, 3.63) is 52.3 Å². The lowest BCUT2D eigenvalue weighted by molar-refractivity contribution is -0.112. The normalized spacial score (nSPS) is 16.5. The van der Waals surface area contributed by atoms with Gasteiger partial charge in [0.2, 0.25) is 0 Å². The lowest BCUT2D eigenvalue weighted by Crippen LogP contribution is -2.46. The van der Waals surface area contributed by atoms with E-state index in [1.165, 1.54) is 5.56 Å². The van der Waals surface area contributed by atoms with Crippen LogP contribution in [-0.4, -0.2) is 60.5 Å². The Hall–Kier alpha value is -2.77. The van der Waals surface area contributed by atoms with Gasteiger partial charge in [-0.05, 0) is 35.7 Å². The van der Waals surface area contributed by atoms with Crippen LogP contribution in [-0.2, 0) is 17.8 Å². The first-order chi connectivity index (χ1) is 15.5. The summed E-state index contributed by atoms with van der Waals surface area (Å²) in [6, 6.07) is 9.86. The van der Waals surface area contributed by atoms with Gasteiger partial charge in [0.25, 0.3) is 5.91 Å². The molecule has 0 unspecified atom stereocenters. The molecule has 2 aromatic rings. The summed E-state index contributed by atoms with van der Waals surface area (Å²) in [4.78, 5) is 37.5. The summed E-state index contributed by atoms with van der Waals surface area (Å²) in [7, 11) is 1.57. The molecule has 3 heterocycles. The molecule has 2 aliphatic heterocycles. The number of halogens is 1. The lowest BCUT2D eigenvalue weighted by atomic mass is 9.96. The maximum absolute atomic E-state index is 12.3. The number of anilines is 1. The molecule has 2 aliphatic rings. The molecule has 1 amide bonds. The van der Waals surface area contributed by atoms with E-state index in [1.54, 1.807) is 13.1 Å². The number of Topliss-reactive ketones (excluding diaryl/α,β-unsaturated/α-hetero) is 1. The van der Waals surface area contributed by atoms with E-state index in [4.69, 9.17) is 11.6 Å². The van der Waals surface area contributed by atoms with Gasteiger partial charge in [-0.2, -0.15) is 0 Å². The van der Waals surface area contributed by atoms with Crippen molar-refractivity contribution in [3.8, 4) is 0 Å². The number of nitrogens with one attached hydrogen (secondary N) is 1.